The number of nitrogens with one attached hydrogen (secondary N) is 1. The van der Waals surface area contributed by atoms with Gasteiger partial charge >= 0.3 is 0 Å². The van der Waals surface area contributed by atoms with Crippen LogP contribution in [0.1, 0.15) is 30.9 Å². The Balaban J connectivity index is 2.02. The van der Waals surface area contributed by atoms with Gasteiger partial charge in [0.05, 0.1) is 11.1 Å². The molecule has 0 bridgehead atoms. The molecule has 4 heteroatoms. The predicted octanol–water partition coefficient (Wildman–Crippen LogP) is 2.91. The van der Waals surface area contributed by atoms with Crippen molar-refractivity contribution in [3.63, 3.8) is 0 Å². The van der Waals surface area contributed by atoms with Gasteiger partial charge in [-0.2, -0.15) is 0 Å². The van der Waals surface area contributed by atoms with Crippen LogP contribution in [0.4, 0.5) is 5.69 Å². The minimum Gasteiger partial charge on any atom is -0.324 e. The van der Waals surface area contributed by atoms with E-state index < -0.39 is 0 Å². The summed E-state index contributed by atoms with van der Waals surface area (Å²) >= 11 is 2.35. The molecule has 1 spiro atoms. The maximum Gasteiger partial charge on any atom is 0.235 e. The molecule has 0 atom stereocenters. The first-order valence-electron chi connectivity index (χ1n) is 6.92. The number of carbonyl (C=O) groups excluding carboxylic acids is 1. The highest BCUT2D eigenvalue weighted by Gasteiger charge is 2.48. The predicted molar refractivity (Wildman–Crippen MR) is 85.6 cm³/mol. The molecule has 0 unspecified atom stereocenters. The number of likely N-dealkylation sites (tertiary alicyclic amines) is 1. The molecular weight excluding hydrogens is 351 g/mol. The van der Waals surface area contributed by atoms with E-state index in [1.807, 2.05) is 0 Å². The number of rotatable bonds is 1. The Morgan fingerprint density at radius 3 is 2.68 bits per heavy atom. The van der Waals surface area contributed by atoms with Crippen molar-refractivity contribution in [2.45, 2.75) is 32.1 Å². The standard InChI is InChI=1S/C15H19IN2O/c1-3-18-8-6-15(7-9-18)11-5-4-10(2)12(16)13(11)17-14(15)19/h4-5H,3,6-9H2,1-2H3,(H,17,19). The van der Waals surface area contributed by atoms with E-state index in [0.29, 0.717) is 0 Å². The van der Waals surface area contributed by atoms with E-state index in [1.165, 1.54) is 14.7 Å². The first kappa shape index (κ1) is 13.4. The highest BCUT2D eigenvalue weighted by atomic mass is 127. The van der Waals surface area contributed by atoms with Crippen LogP contribution in [0.25, 0.3) is 0 Å². The van der Waals surface area contributed by atoms with E-state index in [4.69, 9.17) is 0 Å². The molecule has 3 rings (SSSR count). The zero-order valence-electron chi connectivity index (χ0n) is 11.4. The van der Waals surface area contributed by atoms with E-state index >= 15 is 0 Å². The van der Waals surface area contributed by atoms with E-state index in [0.717, 1.165) is 38.2 Å². The lowest BCUT2D eigenvalue weighted by Crippen LogP contribution is -2.46. The topological polar surface area (TPSA) is 32.3 Å². The summed E-state index contributed by atoms with van der Waals surface area (Å²) in [5.41, 5.74) is 3.26. The van der Waals surface area contributed by atoms with Gasteiger partial charge in [0.1, 0.15) is 0 Å². The maximum absolute atomic E-state index is 12.5. The van der Waals surface area contributed by atoms with Crippen LogP contribution < -0.4 is 5.32 Å². The van der Waals surface area contributed by atoms with Gasteiger partial charge in [-0.15, -0.1) is 0 Å². The van der Waals surface area contributed by atoms with Crippen LogP contribution in [-0.4, -0.2) is 30.4 Å². The number of fused-ring (bicyclic) bond motifs is 2. The molecule has 2 aliphatic heterocycles. The van der Waals surface area contributed by atoms with Crippen molar-refractivity contribution in [3.05, 3.63) is 26.8 Å². The summed E-state index contributed by atoms with van der Waals surface area (Å²) in [5.74, 6) is 0.210. The number of anilines is 1. The van der Waals surface area contributed by atoms with Gasteiger partial charge in [0, 0.05) is 3.57 Å². The van der Waals surface area contributed by atoms with Gasteiger partial charge in [0.2, 0.25) is 5.91 Å². The Bertz CT molecular complexity index is 533. The number of hydrogen-bond donors (Lipinski definition) is 1. The minimum atomic E-state index is -0.269. The summed E-state index contributed by atoms with van der Waals surface area (Å²) in [6.07, 6.45) is 1.89. The number of amides is 1. The van der Waals surface area contributed by atoms with Crippen molar-refractivity contribution in [2.75, 3.05) is 25.0 Å². The number of carbonyl (C=O) groups is 1. The zero-order chi connectivity index (χ0) is 13.6. The van der Waals surface area contributed by atoms with Crippen LogP contribution in [-0.2, 0) is 10.2 Å². The molecule has 102 valence electrons. The Morgan fingerprint density at radius 2 is 2.05 bits per heavy atom. The Morgan fingerprint density at radius 1 is 1.37 bits per heavy atom. The molecular formula is C15H19IN2O. The van der Waals surface area contributed by atoms with Gasteiger partial charge in [-0.1, -0.05) is 19.1 Å². The second-order valence-electron chi connectivity index (χ2n) is 5.59. The Kier molecular flexibility index (Phi) is 3.33. The zero-order valence-corrected chi connectivity index (χ0v) is 13.6. The second-order valence-corrected chi connectivity index (χ2v) is 6.67. The van der Waals surface area contributed by atoms with Crippen LogP contribution in [0.2, 0.25) is 0 Å². The van der Waals surface area contributed by atoms with E-state index in [9.17, 15) is 4.79 Å². The average molecular weight is 370 g/mol. The molecule has 2 heterocycles. The van der Waals surface area contributed by atoms with E-state index in [1.54, 1.807) is 0 Å². The third kappa shape index (κ3) is 1.91. The molecule has 0 radical (unpaired) electrons. The summed E-state index contributed by atoms with van der Waals surface area (Å²) < 4.78 is 1.19. The van der Waals surface area contributed by atoms with Crippen molar-refractivity contribution in [3.8, 4) is 0 Å². The second kappa shape index (κ2) is 4.74. The van der Waals surface area contributed by atoms with Crippen LogP contribution in [0.15, 0.2) is 12.1 Å². The monoisotopic (exact) mass is 370 g/mol. The van der Waals surface area contributed by atoms with E-state index in [-0.39, 0.29) is 11.3 Å². The molecule has 0 aliphatic carbocycles. The molecule has 1 fully saturated rings. The normalized spacial score (nSPS) is 21.5. The first-order chi connectivity index (χ1) is 9.08. The van der Waals surface area contributed by atoms with Crippen molar-refractivity contribution in [1.82, 2.24) is 4.90 Å². The third-order valence-electron chi connectivity index (χ3n) is 4.68. The summed E-state index contributed by atoms with van der Waals surface area (Å²) in [7, 11) is 0. The lowest BCUT2D eigenvalue weighted by atomic mass is 9.73. The lowest BCUT2D eigenvalue weighted by molar-refractivity contribution is -0.122. The largest absolute Gasteiger partial charge is 0.324 e. The highest BCUT2D eigenvalue weighted by molar-refractivity contribution is 14.1. The number of nitrogens with zero attached hydrogens (tertiary/aromatic N) is 1. The van der Waals surface area contributed by atoms with Gasteiger partial charge in [-0.25, -0.2) is 0 Å². The Labute approximate surface area is 127 Å². The van der Waals surface area contributed by atoms with Crippen molar-refractivity contribution < 1.29 is 4.79 Å². The molecule has 1 saturated heterocycles. The average Bonchev–Trinajstić information content (AvgIpc) is 2.69. The van der Waals surface area contributed by atoms with Gasteiger partial charge in [0.15, 0.2) is 0 Å². The minimum absolute atomic E-state index is 0.210. The molecule has 1 amide bonds. The van der Waals surface area contributed by atoms with E-state index in [2.05, 4.69) is 58.8 Å². The molecule has 1 aromatic carbocycles. The summed E-state index contributed by atoms with van der Waals surface area (Å²) in [4.78, 5) is 15.0. The van der Waals surface area contributed by atoms with Crippen molar-refractivity contribution in [2.24, 2.45) is 0 Å². The third-order valence-corrected chi connectivity index (χ3v) is 6.07. The number of aryl methyl sites for hydroxylation is 1. The smallest absolute Gasteiger partial charge is 0.235 e. The molecule has 0 saturated carbocycles. The molecule has 3 nitrogen and oxygen atoms in total. The number of hydrogen-bond acceptors (Lipinski definition) is 2. The summed E-state index contributed by atoms with van der Waals surface area (Å²) in [6, 6.07) is 4.31. The Hall–Kier alpha value is -0.620. The molecule has 1 N–H and O–H groups in total. The fourth-order valence-corrected chi connectivity index (χ4v) is 3.91. The van der Waals surface area contributed by atoms with Crippen LogP contribution >= 0.6 is 22.6 Å². The van der Waals surface area contributed by atoms with Gasteiger partial charge < -0.3 is 10.2 Å². The molecule has 2 aliphatic rings. The number of piperidine rings is 1. The van der Waals surface area contributed by atoms with Crippen LogP contribution in [0.3, 0.4) is 0 Å². The SMILES string of the molecule is CCN1CCC2(CC1)C(=O)Nc1c2ccc(C)c1I. The van der Waals surface area contributed by atoms with Crippen molar-refractivity contribution in [1.29, 1.82) is 0 Å². The fraction of sp³-hybridized carbons (Fsp3) is 0.533. The lowest BCUT2D eigenvalue weighted by Gasteiger charge is -2.37. The molecule has 0 aromatic heterocycles. The van der Waals surface area contributed by atoms with Gasteiger partial charge in [0.25, 0.3) is 0 Å². The molecule has 1 aromatic rings. The number of benzene rings is 1. The summed E-state index contributed by atoms with van der Waals surface area (Å²) in [6.45, 7) is 7.41. The highest BCUT2D eigenvalue weighted by Crippen LogP contribution is 2.47. The van der Waals surface area contributed by atoms with Crippen molar-refractivity contribution >= 4 is 34.2 Å². The summed E-state index contributed by atoms with van der Waals surface area (Å²) in [5, 5.41) is 3.13. The van der Waals surface area contributed by atoms with Gasteiger partial charge in [-0.05, 0) is 73.1 Å². The maximum atomic E-state index is 12.5. The van der Waals surface area contributed by atoms with Crippen LogP contribution in [0, 0.1) is 10.5 Å². The number of halogens is 1. The quantitative estimate of drug-likeness (QED) is 0.772. The van der Waals surface area contributed by atoms with Crippen LogP contribution in [0.5, 0.6) is 0 Å². The first-order valence-corrected chi connectivity index (χ1v) is 8.00. The fourth-order valence-electron chi connectivity index (χ4n) is 3.30. The van der Waals surface area contributed by atoms with Gasteiger partial charge in [-0.3, -0.25) is 4.79 Å². The molecule has 19 heavy (non-hydrogen) atoms.